The van der Waals surface area contributed by atoms with Gasteiger partial charge in [-0.3, -0.25) is 9.59 Å². The van der Waals surface area contributed by atoms with Crippen LogP contribution in [0.25, 0.3) is 6.08 Å². The highest BCUT2D eigenvalue weighted by molar-refractivity contribution is 5.79. The summed E-state index contributed by atoms with van der Waals surface area (Å²) in [7, 11) is 1.50. The third-order valence-corrected chi connectivity index (χ3v) is 5.37. The molecule has 28 heavy (non-hydrogen) atoms. The van der Waals surface area contributed by atoms with E-state index < -0.39 is 0 Å². The Morgan fingerprint density at radius 3 is 2.36 bits per heavy atom. The first kappa shape index (κ1) is 22.1. The lowest BCUT2D eigenvalue weighted by atomic mass is 9.74. The summed E-state index contributed by atoms with van der Waals surface area (Å²) in [6, 6.07) is 7.70. The number of ether oxygens (including phenoxy) is 1. The van der Waals surface area contributed by atoms with Crippen LogP contribution in [0.15, 0.2) is 30.3 Å². The van der Waals surface area contributed by atoms with E-state index in [1.165, 1.54) is 14.0 Å². The number of benzene rings is 1. The predicted octanol–water partition coefficient (Wildman–Crippen LogP) is 2.28. The van der Waals surface area contributed by atoms with Crippen LogP contribution in [0.1, 0.15) is 44.7 Å². The molecule has 1 N–H and O–H groups in total. The molecule has 1 aromatic rings. The number of hydrogen-bond acceptors (Lipinski definition) is 4. The molecule has 6 nitrogen and oxygen atoms in total. The van der Waals surface area contributed by atoms with Crippen LogP contribution < -0.4 is 0 Å². The van der Waals surface area contributed by atoms with Gasteiger partial charge in [-0.25, -0.2) is 0 Å². The number of carbonyl (C=O) groups excluding carboxylic acids is 2. The number of aliphatic hydroxyl groups is 1. The fraction of sp³-hybridized carbons (Fsp3) is 0.545. The number of nitrogens with zero attached hydrogens (tertiary/aromatic N) is 2. The van der Waals surface area contributed by atoms with Crippen molar-refractivity contribution in [2.24, 2.45) is 0 Å². The normalized spacial score (nSPS) is 21.8. The molecule has 0 unspecified atom stereocenters. The van der Waals surface area contributed by atoms with Gasteiger partial charge in [0, 0.05) is 32.5 Å². The summed E-state index contributed by atoms with van der Waals surface area (Å²) >= 11 is 0. The lowest BCUT2D eigenvalue weighted by Gasteiger charge is -2.56. The van der Waals surface area contributed by atoms with Gasteiger partial charge in [-0.2, -0.15) is 0 Å². The summed E-state index contributed by atoms with van der Waals surface area (Å²) in [5.74, 6) is -0.213. The molecule has 1 fully saturated rings. The van der Waals surface area contributed by atoms with Gasteiger partial charge in [0.05, 0.1) is 18.7 Å². The average molecular weight is 389 g/mol. The zero-order valence-electron chi connectivity index (χ0n) is 17.5. The van der Waals surface area contributed by atoms with Gasteiger partial charge < -0.3 is 19.6 Å². The van der Waals surface area contributed by atoms with Gasteiger partial charge in [-0.15, -0.1) is 0 Å². The second kappa shape index (κ2) is 9.85. The van der Waals surface area contributed by atoms with Gasteiger partial charge in [0.25, 0.3) is 0 Å². The number of allylic oxidation sites excluding steroid dienone is 1. The number of carbonyl (C=O) groups is 2. The van der Waals surface area contributed by atoms with Crippen LogP contribution in [0.4, 0.5) is 0 Å². The third-order valence-electron chi connectivity index (χ3n) is 5.37. The Morgan fingerprint density at radius 1 is 1.25 bits per heavy atom. The van der Waals surface area contributed by atoms with Gasteiger partial charge in [-0.05, 0) is 31.9 Å². The van der Waals surface area contributed by atoms with E-state index in [0.717, 1.165) is 11.1 Å². The molecule has 1 aromatic carbocycles. The second-order valence-electron chi connectivity index (χ2n) is 7.51. The smallest absolute Gasteiger partial charge is 0.248 e. The van der Waals surface area contributed by atoms with Crippen molar-refractivity contribution in [3.63, 3.8) is 0 Å². The maximum atomic E-state index is 12.5. The molecule has 1 heterocycles. The molecule has 0 saturated carbocycles. The number of rotatable bonds is 8. The van der Waals surface area contributed by atoms with Gasteiger partial charge in [0.1, 0.15) is 6.61 Å². The molecule has 1 saturated heterocycles. The molecule has 3 atom stereocenters. The van der Waals surface area contributed by atoms with Crippen molar-refractivity contribution in [1.29, 1.82) is 0 Å². The van der Waals surface area contributed by atoms with Gasteiger partial charge in [0.2, 0.25) is 11.8 Å². The van der Waals surface area contributed by atoms with Crippen LogP contribution in [-0.2, 0) is 14.3 Å². The number of hydrogen-bond donors (Lipinski definition) is 1. The molecule has 154 valence electrons. The lowest BCUT2D eigenvalue weighted by Crippen LogP contribution is -2.68. The van der Waals surface area contributed by atoms with Crippen LogP contribution in [0.5, 0.6) is 0 Å². The second-order valence-corrected chi connectivity index (χ2v) is 7.51. The maximum absolute atomic E-state index is 12.5. The molecular weight excluding hydrogens is 356 g/mol. The largest absolute Gasteiger partial charge is 0.394 e. The van der Waals surface area contributed by atoms with Gasteiger partial charge in [-0.1, -0.05) is 36.4 Å². The summed E-state index contributed by atoms with van der Waals surface area (Å²) in [6.45, 7) is 7.71. The third kappa shape index (κ3) is 4.62. The highest BCUT2D eigenvalue weighted by Gasteiger charge is 2.51. The van der Waals surface area contributed by atoms with Crippen LogP contribution >= 0.6 is 0 Å². The van der Waals surface area contributed by atoms with E-state index in [9.17, 15) is 14.7 Å². The van der Waals surface area contributed by atoms with Crippen molar-refractivity contribution in [2.75, 3.05) is 26.9 Å². The van der Waals surface area contributed by atoms with Crippen molar-refractivity contribution >= 4 is 17.9 Å². The standard InChI is InChI=1S/C22H32N2O4/c1-6-7-17-8-10-18(11-9-17)22-19(24(16(4)26)20(22)13-25)12-23(15(2)3)21(27)14-28-5/h6-11,15,19-20,22,25H,12-14H2,1-5H3/b7-6+/t19-,20-,22-/m0/s1. The van der Waals surface area contributed by atoms with Crippen LogP contribution in [0, 0.1) is 0 Å². The Bertz CT molecular complexity index is 699. The number of likely N-dealkylation sites (tertiary alicyclic amines) is 1. The topological polar surface area (TPSA) is 70.1 Å². The van der Waals surface area contributed by atoms with Crippen molar-refractivity contribution in [3.05, 3.63) is 41.5 Å². The molecule has 0 spiro atoms. The van der Waals surface area contributed by atoms with E-state index in [2.05, 4.69) is 0 Å². The van der Waals surface area contributed by atoms with E-state index in [-0.39, 0.29) is 49.1 Å². The maximum Gasteiger partial charge on any atom is 0.248 e. The number of amides is 2. The first-order valence-corrected chi connectivity index (χ1v) is 9.76. The quantitative estimate of drug-likeness (QED) is 0.742. The molecule has 0 aliphatic carbocycles. The van der Waals surface area contributed by atoms with Crippen molar-refractivity contribution in [3.8, 4) is 0 Å². The molecule has 0 radical (unpaired) electrons. The molecule has 1 aliphatic heterocycles. The van der Waals surface area contributed by atoms with Crippen molar-refractivity contribution in [1.82, 2.24) is 9.80 Å². The number of methoxy groups -OCH3 is 1. The monoisotopic (exact) mass is 388 g/mol. The van der Waals surface area contributed by atoms with E-state index in [4.69, 9.17) is 4.74 Å². The van der Waals surface area contributed by atoms with Gasteiger partial charge >= 0.3 is 0 Å². The average Bonchev–Trinajstić information content (AvgIpc) is 2.62. The summed E-state index contributed by atoms with van der Waals surface area (Å²) in [4.78, 5) is 28.2. The Kier molecular flexibility index (Phi) is 7.78. The van der Waals surface area contributed by atoms with E-state index in [1.54, 1.807) is 9.80 Å². The lowest BCUT2D eigenvalue weighted by molar-refractivity contribution is -0.154. The SMILES string of the molecule is C/C=C/c1ccc([C@@H]2[C@H](CO)N(C(C)=O)[C@H]2CN(C(=O)COC)C(C)C)cc1. The van der Waals surface area contributed by atoms with E-state index in [1.807, 2.05) is 57.2 Å². The Balaban J connectivity index is 2.32. The Labute approximate surface area is 167 Å². The zero-order valence-corrected chi connectivity index (χ0v) is 17.5. The zero-order chi connectivity index (χ0) is 20.8. The summed E-state index contributed by atoms with van der Waals surface area (Å²) in [5, 5.41) is 9.92. The minimum atomic E-state index is -0.276. The molecule has 6 heteroatoms. The molecule has 2 amide bonds. The first-order valence-electron chi connectivity index (χ1n) is 9.76. The molecule has 2 rings (SSSR count). The van der Waals surface area contributed by atoms with Crippen LogP contribution in [0.3, 0.4) is 0 Å². The van der Waals surface area contributed by atoms with E-state index >= 15 is 0 Å². The minimum absolute atomic E-state index is 0.0110. The van der Waals surface area contributed by atoms with E-state index in [0.29, 0.717) is 6.54 Å². The van der Waals surface area contributed by atoms with Crippen molar-refractivity contribution < 1.29 is 19.4 Å². The minimum Gasteiger partial charge on any atom is -0.394 e. The molecule has 0 bridgehead atoms. The fourth-order valence-corrected chi connectivity index (χ4v) is 4.09. The highest BCUT2D eigenvalue weighted by Crippen LogP contribution is 2.41. The molecule has 0 aromatic heterocycles. The van der Waals surface area contributed by atoms with Gasteiger partial charge in [0.15, 0.2) is 0 Å². The van der Waals surface area contributed by atoms with Crippen LogP contribution in [-0.4, -0.2) is 71.7 Å². The Hall–Kier alpha value is -2.18. The van der Waals surface area contributed by atoms with Crippen LogP contribution in [0.2, 0.25) is 0 Å². The Morgan fingerprint density at radius 2 is 1.89 bits per heavy atom. The summed E-state index contributed by atoms with van der Waals surface area (Å²) in [6.07, 6.45) is 4.01. The fourth-order valence-electron chi connectivity index (χ4n) is 4.09. The highest BCUT2D eigenvalue weighted by atomic mass is 16.5. The summed E-state index contributed by atoms with van der Waals surface area (Å²) in [5.41, 5.74) is 2.17. The van der Waals surface area contributed by atoms with Crippen molar-refractivity contribution in [2.45, 2.75) is 51.7 Å². The molecule has 1 aliphatic rings. The molecular formula is C22H32N2O4. The first-order chi connectivity index (χ1) is 13.3. The summed E-state index contributed by atoms with van der Waals surface area (Å²) < 4.78 is 5.01. The predicted molar refractivity (Wildman–Crippen MR) is 110 cm³/mol. The number of aliphatic hydroxyl groups excluding tert-OH is 1.